The maximum atomic E-state index is 9.64. The smallest absolute Gasteiger partial charge is 0.187 e. The van der Waals surface area contributed by atoms with Gasteiger partial charge in [0, 0.05) is 13.1 Å². The van der Waals surface area contributed by atoms with Gasteiger partial charge in [-0.2, -0.15) is 0 Å². The molecule has 1 fully saturated rings. The fraction of sp³-hybridized carbons (Fsp3) is 1.00. The van der Waals surface area contributed by atoms with Crippen LogP contribution in [0.3, 0.4) is 0 Å². The second kappa shape index (κ2) is 6.57. The molecular weight excluding hydrogens is 232 g/mol. The van der Waals surface area contributed by atoms with E-state index in [1.54, 1.807) is 0 Å². The molecule has 0 aromatic heterocycles. The Bertz CT molecular complexity index is 224. The number of aliphatic hydroxyl groups is 4. The number of hydrogen-bond acceptors (Lipinski definition) is 8. The second-order valence-corrected chi connectivity index (χ2v) is 3.93. The van der Waals surface area contributed by atoms with E-state index in [1.807, 2.05) is 0 Å². The van der Waals surface area contributed by atoms with Crippen LogP contribution in [0.25, 0.3) is 0 Å². The SMILES string of the molecule is NCC(CN)O[C@H]1O[C@H](CO)[C@@H](O)[C@H](O)[C@H]1O. The molecule has 17 heavy (non-hydrogen) atoms. The highest BCUT2D eigenvalue weighted by Crippen LogP contribution is 2.22. The normalized spacial score (nSPS) is 38.6. The van der Waals surface area contributed by atoms with Gasteiger partial charge in [-0.15, -0.1) is 0 Å². The molecule has 0 unspecified atom stereocenters. The van der Waals surface area contributed by atoms with Crippen molar-refractivity contribution >= 4 is 0 Å². The molecular formula is C9H20N2O6. The molecule has 8 heteroatoms. The summed E-state index contributed by atoms with van der Waals surface area (Å²) in [5.41, 5.74) is 10.7. The number of aliphatic hydroxyl groups excluding tert-OH is 4. The fourth-order valence-electron chi connectivity index (χ4n) is 1.58. The summed E-state index contributed by atoms with van der Waals surface area (Å²) in [6, 6.07) is 0. The van der Waals surface area contributed by atoms with Crippen LogP contribution in [0.5, 0.6) is 0 Å². The number of hydrogen-bond donors (Lipinski definition) is 6. The van der Waals surface area contributed by atoms with E-state index >= 15 is 0 Å². The van der Waals surface area contributed by atoms with Crippen LogP contribution < -0.4 is 11.5 Å². The maximum Gasteiger partial charge on any atom is 0.187 e. The van der Waals surface area contributed by atoms with E-state index < -0.39 is 43.4 Å². The minimum absolute atomic E-state index is 0.130. The minimum Gasteiger partial charge on any atom is -0.394 e. The third-order valence-corrected chi connectivity index (χ3v) is 2.70. The lowest BCUT2D eigenvalue weighted by Gasteiger charge is -2.40. The van der Waals surface area contributed by atoms with Gasteiger partial charge in [-0.3, -0.25) is 0 Å². The van der Waals surface area contributed by atoms with Gasteiger partial charge in [-0.05, 0) is 0 Å². The van der Waals surface area contributed by atoms with Gasteiger partial charge in [-0.25, -0.2) is 0 Å². The predicted octanol–water partition coefficient (Wildman–Crippen LogP) is -3.91. The Kier molecular flexibility index (Phi) is 5.70. The Labute approximate surface area is 98.7 Å². The van der Waals surface area contributed by atoms with Crippen LogP contribution in [0.1, 0.15) is 0 Å². The van der Waals surface area contributed by atoms with Crippen LogP contribution in [-0.4, -0.2) is 76.9 Å². The van der Waals surface area contributed by atoms with Crippen molar-refractivity contribution in [3.05, 3.63) is 0 Å². The van der Waals surface area contributed by atoms with Gasteiger partial charge in [0.25, 0.3) is 0 Å². The van der Waals surface area contributed by atoms with Crippen molar-refractivity contribution in [3.63, 3.8) is 0 Å². The monoisotopic (exact) mass is 252 g/mol. The standard InChI is InChI=1S/C9H20N2O6/c10-1-4(2-11)16-9-8(15)7(14)6(13)5(3-12)17-9/h4-9,12-15H,1-3,10-11H2/t5-,6-,7+,8-,9+/m1/s1. The van der Waals surface area contributed by atoms with Crippen molar-refractivity contribution in [2.24, 2.45) is 11.5 Å². The average Bonchev–Trinajstić information content (AvgIpc) is 2.35. The van der Waals surface area contributed by atoms with Gasteiger partial charge in [0.15, 0.2) is 6.29 Å². The zero-order chi connectivity index (χ0) is 13.0. The Balaban J connectivity index is 2.65. The lowest BCUT2D eigenvalue weighted by molar-refractivity contribution is -0.309. The predicted molar refractivity (Wildman–Crippen MR) is 56.7 cm³/mol. The first-order valence-electron chi connectivity index (χ1n) is 5.41. The van der Waals surface area contributed by atoms with Crippen LogP contribution >= 0.6 is 0 Å². The zero-order valence-corrected chi connectivity index (χ0v) is 9.35. The molecule has 1 heterocycles. The summed E-state index contributed by atoms with van der Waals surface area (Å²) in [5, 5.41) is 37.6. The van der Waals surface area contributed by atoms with Crippen molar-refractivity contribution in [1.29, 1.82) is 0 Å². The van der Waals surface area contributed by atoms with Gasteiger partial charge in [0.05, 0.1) is 12.7 Å². The first-order valence-corrected chi connectivity index (χ1v) is 5.41. The minimum atomic E-state index is -1.46. The molecule has 0 radical (unpaired) electrons. The number of ether oxygens (including phenoxy) is 2. The third kappa shape index (κ3) is 3.33. The van der Waals surface area contributed by atoms with E-state index in [9.17, 15) is 15.3 Å². The molecule has 0 spiro atoms. The molecule has 1 aliphatic rings. The average molecular weight is 252 g/mol. The van der Waals surface area contributed by atoms with E-state index in [1.165, 1.54) is 0 Å². The highest BCUT2D eigenvalue weighted by molar-refractivity contribution is 4.89. The zero-order valence-electron chi connectivity index (χ0n) is 9.35. The van der Waals surface area contributed by atoms with E-state index in [0.29, 0.717) is 0 Å². The van der Waals surface area contributed by atoms with Crippen molar-refractivity contribution < 1.29 is 29.9 Å². The summed E-state index contributed by atoms with van der Waals surface area (Å²) in [6.07, 6.45) is -6.98. The second-order valence-electron chi connectivity index (χ2n) is 3.93. The maximum absolute atomic E-state index is 9.64. The molecule has 1 aliphatic heterocycles. The summed E-state index contributed by atoms with van der Waals surface area (Å²) in [4.78, 5) is 0. The molecule has 102 valence electrons. The first kappa shape index (κ1) is 14.7. The molecule has 0 aromatic rings. The lowest BCUT2D eigenvalue weighted by Crippen LogP contribution is -2.60. The van der Waals surface area contributed by atoms with E-state index in [-0.39, 0.29) is 13.1 Å². The summed E-state index contributed by atoms with van der Waals surface area (Å²) < 4.78 is 10.4. The topological polar surface area (TPSA) is 151 Å². The number of nitrogens with two attached hydrogens (primary N) is 2. The molecule has 1 rings (SSSR count). The largest absolute Gasteiger partial charge is 0.394 e. The van der Waals surface area contributed by atoms with E-state index in [0.717, 1.165) is 0 Å². The first-order chi connectivity index (χ1) is 8.04. The Morgan fingerprint density at radius 3 is 2.12 bits per heavy atom. The summed E-state index contributed by atoms with van der Waals surface area (Å²) in [5.74, 6) is 0. The molecule has 8 N–H and O–H groups in total. The summed E-state index contributed by atoms with van der Waals surface area (Å²) in [6.45, 7) is -0.238. The molecule has 1 saturated heterocycles. The Morgan fingerprint density at radius 2 is 1.65 bits per heavy atom. The van der Waals surface area contributed by atoms with Crippen molar-refractivity contribution in [1.82, 2.24) is 0 Å². The van der Waals surface area contributed by atoms with Crippen LogP contribution in [0.4, 0.5) is 0 Å². The van der Waals surface area contributed by atoms with Gasteiger partial charge >= 0.3 is 0 Å². The van der Waals surface area contributed by atoms with Crippen LogP contribution in [0, 0.1) is 0 Å². The molecule has 0 aromatic carbocycles. The van der Waals surface area contributed by atoms with E-state index in [2.05, 4.69) is 0 Å². The summed E-state index contributed by atoms with van der Waals surface area (Å²) in [7, 11) is 0. The molecule has 0 bridgehead atoms. The third-order valence-electron chi connectivity index (χ3n) is 2.70. The van der Waals surface area contributed by atoms with Crippen LogP contribution in [-0.2, 0) is 9.47 Å². The quantitative estimate of drug-likeness (QED) is 0.290. The van der Waals surface area contributed by atoms with Gasteiger partial charge in [-0.1, -0.05) is 0 Å². The lowest BCUT2D eigenvalue weighted by atomic mass is 9.99. The molecule has 0 aliphatic carbocycles. The van der Waals surface area contributed by atoms with Crippen molar-refractivity contribution in [2.45, 2.75) is 36.8 Å². The molecule has 5 atom stereocenters. The van der Waals surface area contributed by atoms with Crippen molar-refractivity contribution in [3.8, 4) is 0 Å². The fourth-order valence-corrected chi connectivity index (χ4v) is 1.58. The Morgan fingerprint density at radius 1 is 1.06 bits per heavy atom. The van der Waals surface area contributed by atoms with Crippen LogP contribution in [0.15, 0.2) is 0 Å². The molecule has 0 saturated carbocycles. The highest BCUT2D eigenvalue weighted by Gasteiger charge is 2.44. The van der Waals surface area contributed by atoms with Gasteiger partial charge < -0.3 is 41.4 Å². The van der Waals surface area contributed by atoms with Gasteiger partial charge in [0.1, 0.15) is 24.4 Å². The molecule has 0 amide bonds. The Hall–Kier alpha value is -0.320. The number of rotatable bonds is 5. The van der Waals surface area contributed by atoms with Crippen LogP contribution in [0.2, 0.25) is 0 Å². The van der Waals surface area contributed by atoms with Gasteiger partial charge in [0.2, 0.25) is 0 Å². The summed E-state index contributed by atoms with van der Waals surface area (Å²) >= 11 is 0. The molecule has 8 nitrogen and oxygen atoms in total. The van der Waals surface area contributed by atoms with Crippen molar-refractivity contribution in [2.75, 3.05) is 19.7 Å². The van der Waals surface area contributed by atoms with E-state index in [4.69, 9.17) is 26.0 Å². The highest BCUT2D eigenvalue weighted by atomic mass is 16.7.